The van der Waals surface area contributed by atoms with Crippen LogP contribution in [-0.4, -0.2) is 6.54 Å². The third-order valence-electron chi connectivity index (χ3n) is 2.49. The fraction of sp³-hybridized carbons (Fsp3) is 0.400. The molecule has 0 radical (unpaired) electrons. The fourth-order valence-electron chi connectivity index (χ4n) is 1.69. The lowest BCUT2D eigenvalue weighted by Crippen LogP contribution is -2.18. The highest BCUT2D eigenvalue weighted by molar-refractivity contribution is 6.30. The molecule has 13 heavy (non-hydrogen) atoms. The Kier molecular flexibility index (Phi) is 1.77. The topological polar surface area (TPSA) is 12.0 Å². The van der Waals surface area contributed by atoms with Gasteiger partial charge in [-0.15, -0.1) is 0 Å². The Hall–Kier alpha value is -0.760. The van der Waals surface area contributed by atoms with Crippen LogP contribution in [0, 0.1) is 5.82 Å². The first-order valence-corrected chi connectivity index (χ1v) is 4.62. The molecule has 0 unspecified atom stereocenters. The molecule has 1 aromatic carbocycles. The second-order valence-electron chi connectivity index (χ2n) is 4.05. The van der Waals surface area contributed by atoms with E-state index >= 15 is 0 Å². The van der Waals surface area contributed by atoms with Gasteiger partial charge in [0.2, 0.25) is 0 Å². The maximum Gasteiger partial charge on any atom is 0.148 e. The van der Waals surface area contributed by atoms with E-state index in [-0.39, 0.29) is 11.2 Å². The molecule has 1 nitrogen and oxygen atoms in total. The molecule has 0 aromatic heterocycles. The van der Waals surface area contributed by atoms with E-state index in [2.05, 4.69) is 19.2 Å². The molecule has 0 amide bonds. The van der Waals surface area contributed by atoms with Crippen LogP contribution in [0.5, 0.6) is 0 Å². The van der Waals surface area contributed by atoms with Gasteiger partial charge in [-0.05, 0) is 17.7 Å². The van der Waals surface area contributed by atoms with Crippen molar-refractivity contribution >= 4 is 17.3 Å². The number of hydrogen-bond donors (Lipinski definition) is 1. The zero-order chi connectivity index (χ0) is 9.64. The molecule has 0 aliphatic carbocycles. The van der Waals surface area contributed by atoms with Crippen molar-refractivity contribution in [3.63, 3.8) is 0 Å². The lowest BCUT2D eigenvalue weighted by atomic mass is 9.87. The molecule has 1 aliphatic rings. The molecule has 2 rings (SSSR count). The van der Waals surface area contributed by atoms with Crippen LogP contribution in [0.25, 0.3) is 0 Å². The molecule has 3 heteroatoms. The summed E-state index contributed by atoms with van der Waals surface area (Å²) >= 11 is 5.79. The molecule has 1 N–H and O–H groups in total. The molecule has 0 fully saturated rings. The normalized spacial score (nSPS) is 18.2. The summed E-state index contributed by atoms with van der Waals surface area (Å²) in [5, 5.41) is 3.52. The van der Waals surface area contributed by atoms with Crippen molar-refractivity contribution in [3.05, 3.63) is 28.5 Å². The predicted molar refractivity (Wildman–Crippen MR) is 52.9 cm³/mol. The van der Waals surface area contributed by atoms with E-state index in [0.29, 0.717) is 10.7 Å². The van der Waals surface area contributed by atoms with Crippen molar-refractivity contribution in [2.24, 2.45) is 0 Å². The average Bonchev–Trinajstić information content (AvgIpc) is 2.28. The van der Waals surface area contributed by atoms with Crippen LogP contribution in [-0.2, 0) is 5.41 Å². The molecule has 1 aliphatic heterocycles. The largest absolute Gasteiger partial charge is 0.382 e. The molecule has 0 saturated heterocycles. The van der Waals surface area contributed by atoms with Crippen molar-refractivity contribution < 1.29 is 4.39 Å². The lowest BCUT2D eigenvalue weighted by molar-refractivity contribution is 0.584. The summed E-state index contributed by atoms with van der Waals surface area (Å²) < 4.78 is 13.3. The van der Waals surface area contributed by atoms with Gasteiger partial charge in [-0.2, -0.15) is 0 Å². The van der Waals surface area contributed by atoms with Crippen molar-refractivity contribution in [1.29, 1.82) is 0 Å². The van der Waals surface area contributed by atoms with Crippen molar-refractivity contribution in [2.45, 2.75) is 19.3 Å². The molecule has 0 saturated carbocycles. The van der Waals surface area contributed by atoms with Crippen molar-refractivity contribution in [2.75, 3.05) is 11.9 Å². The maximum atomic E-state index is 13.3. The molecule has 0 bridgehead atoms. The monoisotopic (exact) mass is 199 g/mol. The summed E-state index contributed by atoms with van der Waals surface area (Å²) in [5.41, 5.74) is 1.55. The van der Waals surface area contributed by atoms with Crippen molar-refractivity contribution in [3.8, 4) is 0 Å². The Morgan fingerprint density at radius 1 is 1.46 bits per heavy atom. The van der Waals surface area contributed by atoms with E-state index in [1.807, 2.05) is 6.07 Å². The van der Waals surface area contributed by atoms with Crippen LogP contribution in [0.4, 0.5) is 10.1 Å². The van der Waals surface area contributed by atoms with Crippen LogP contribution >= 0.6 is 11.6 Å². The summed E-state index contributed by atoms with van der Waals surface area (Å²) in [5.74, 6) is -0.256. The first kappa shape index (κ1) is 8.82. The van der Waals surface area contributed by atoms with E-state index in [0.717, 1.165) is 12.1 Å². The van der Waals surface area contributed by atoms with Gasteiger partial charge in [0, 0.05) is 17.0 Å². The van der Waals surface area contributed by atoms with E-state index in [4.69, 9.17) is 11.6 Å². The zero-order valence-electron chi connectivity index (χ0n) is 7.62. The van der Waals surface area contributed by atoms with Gasteiger partial charge in [-0.3, -0.25) is 0 Å². The molecule has 0 atom stereocenters. The van der Waals surface area contributed by atoms with E-state index in [1.165, 1.54) is 6.07 Å². The smallest absolute Gasteiger partial charge is 0.148 e. The predicted octanol–water partition coefficient (Wildman–Crippen LogP) is 3.18. The lowest BCUT2D eigenvalue weighted by Gasteiger charge is -2.16. The molecule has 70 valence electrons. The highest BCUT2D eigenvalue weighted by Crippen LogP contribution is 2.39. The van der Waals surface area contributed by atoms with Gasteiger partial charge in [0.1, 0.15) is 5.82 Å². The molecular weight excluding hydrogens is 189 g/mol. The van der Waals surface area contributed by atoms with Gasteiger partial charge < -0.3 is 5.32 Å². The standard InChI is InChI=1S/C10H11ClFN/c1-10(2)5-13-9-7(10)3-6(11)4-8(9)12/h3-4,13H,5H2,1-2H3. The number of halogens is 2. The highest BCUT2D eigenvalue weighted by atomic mass is 35.5. The van der Waals surface area contributed by atoms with Crippen molar-refractivity contribution in [1.82, 2.24) is 0 Å². The van der Waals surface area contributed by atoms with Gasteiger partial charge in [0.25, 0.3) is 0 Å². The maximum absolute atomic E-state index is 13.3. The minimum Gasteiger partial charge on any atom is -0.382 e. The molecule has 0 spiro atoms. The quantitative estimate of drug-likeness (QED) is 0.677. The summed E-state index contributed by atoms with van der Waals surface area (Å²) in [4.78, 5) is 0. The van der Waals surface area contributed by atoms with E-state index < -0.39 is 0 Å². The first-order chi connectivity index (χ1) is 6.00. The number of hydrogen-bond acceptors (Lipinski definition) is 1. The Bertz CT molecular complexity index is 360. The molecule has 1 heterocycles. The van der Waals surface area contributed by atoms with Gasteiger partial charge in [-0.25, -0.2) is 4.39 Å². The summed E-state index contributed by atoms with van der Waals surface area (Å²) in [7, 11) is 0. The van der Waals surface area contributed by atoms with Gasteiger partial charge in [-0.1, -0.05) is 25.4 Å². The first-order valence-electron chi connectivity index (χ1n) is 4.24. The number of benzene rings is 1. The van der Waals surface area contributed by atoms with Crippen LogP contribution in [0.15, 0.2) is 12.1 Å². The summed E-state index contributed by atoms with van der Waals surface area (Å²) in [6.45, 7) is 4.91. The number of fused-ring (bicyclic) bond motifs is 1. The van der Waals surface area contributed by atoms with Gasteiger partial charge in [0.15, 0.2) is 0 Å². The van der Waals surface area contributed by atoms with Gasteiger partial charge in [0.05, 0.1) is 5.69 Å². The minimum absolute atomic E-state index is 0.0267. The SMILES string of the molecule is CC1(C)CNc2c(F)cc(Cl)cc21. The van der Waals surface area contributed by atoms with Crippen LogP contribution in [0.1, 0.15) is 19.4 Å². The Morgan fingerprint density at radius 3 is 2.85 bits per heavy atom. The Balaban J connectivity index is 2.65. The number of rotatable bonds is 0. The van der Waals surface area contributed by atoms with E-state index in [9.17, 15) is 4.39 Å². The average molecular weight is 200 g/mol. The zero-order valence-corrected chi connectivity index (χ0v) is 8.37. The highest BCUT2D eigenvalue weighted by Gasteiger charge is 2.31. The van der Waals surface area contributed by atoms with Crippen LogP contribution < -0.4 is 5.32 Å². The third-order valence-corrected chi connectivity index (χ3v) is 2.71. The number of anilines is 1. The summed E-state index contributed by atoms with van der Waals surface area (Å²) in [6.07, 6.45) is 0. The van der Waals surface area contributed by atoms with Crippen LogP contribution in [0.2, 0.25) is 5.02 Å². The Morgan fingerprint density at radius 2 is 2.15 bits per heavy atom. The molecule has 1 aromatic rings. The summed E-state index contributed by atoms with van der Waals surface area (Å²) in [6, 6.07) is 3.18. The van der Waals surface area contributed by atoms with Gasteiger partial charge >= 0.3 is 0 Å². The van der Waals surface area contributed by atoms with E-state index in [1.54, 1.807) is 0 Å². The minimum atomic E-state index is -0.256. The number of nitrogens with one attached hydrogen (secondary N) is 1. The third kappa shape index (κ3) is 1.29. The second kappa shape index (κ2) is 2.61. The van der Waals surface area contributed by atoms with Crippen LogP contribution in [0.3, 0.4) is 0 Å². The second-order valence-corrected chi connectivity index (χ2v) is 4.48. The fourth-order valence-corrected chi connectivity index (χ4v) is 1.90. The Labute approximate surface area is 81.9 Å². The molecular formula is C10H11ClFN.